The van der Waals surface area contributed by atoms with Gasteiger partial charge in [-0.15, -0.1) is 11.3 Å². The second-order valence-corrected chi connectivity index (χ2v) is 5.80. The Morgan fingerprint density at radius 3 is 2.87 bits per heavy atom. The van der Waals surface area contributed by atoms with Crippen molar-refractivity contribution < 1.29 is 9.53 Å². The normalized spacial score (nSPS) is 21.6. The lowest BCUT2D eigenvalue weighted by atomic mass is 9.94. The van der Waals surface area contributed by atoms with Crippen LogP contribution in [0, 0.1) is 5.92 Å². The minimum absolute atomic E-state index is 0.0538. The standard InChI is InChI=1S/C10H10Cl2O2S/c11-8-4-7(10(12)15-8)9(13)6-2-1-3-14-5-6/h4,6H,1-3,5H2. The first-order chi connectivity index (χ1) is 7.18. The summed E-state index contributed by atoms with van der Waals surface area (Å²) in [4.78, 5) is 12.0. The van der Waals surface area contributed by atoms with Crippen LogP contribution >= 0.6 is 34.5 Å². The van der Waals surface area contributed by atoms with Gasteiger partial charge in [-0.3, -0.25) is 4.79 Å². The third-order valence-electron chi connectivity index (χ3n) is 2.45. The molecule has 1 unspecified atom stereocenters. The van der Waals surface area contributed by atoms with E-state index in [1.54, 1.807) is 6.07 Å². The Balaban J connectivity index is 2.16. The highest BCUT2D eigenvalue weighted by atomic mass is 35.5. The van der Waals surface area contributed by atoms with Crippen LogP contribution in [0.2, 0.25) is 8.67 Å². The van der Waals surface area contributed by atoms with Crippen LogP contribution in [0.3, 0.4) is 0 Å². The Labute approximate surface area is 102 Å². The van der Waals surface area contributed by atoms with E-state index in [0.29, 0.717) is 20.8 Å². The van der Waals surface area contributed by atoms with Crippen LogP contribution < -0.4 is 0 Å². The molecule has 0 bridgehead atoms. The summed E-state index contributed by atoms with van der Waals surface area (Å²) in [5.41, 5.74) is 0.544. The van der Waals surface area contributed by atoms with Gasteiger partial charge in [0.1, 0.15) is 4.34 Å². The van der Waals surface area contributed by atoms with Gasteiger partial charge in [-0.1, -0.05) is 23.2 Å². The Morgan fingerprint density at radius 1 is 1.53 bits per heavy atom. The molecule has 1 aromatic heterocycles. The zero-order chi connectivity index (χ0) is 10.8. The van der Waals surface area contributed by atoms with Gasteiger partial charge in [-0.25, -0.2) is 0 Å². The summed E-state index contributed by atoms with van der Waals surface area (Å²) in [5.74, 6) is 0.00441. The maximum atomic E-state index is 12.0. The van der Waals surface area contributed by atoms with E-state index in [0.717, 1.165) is 19.4 Å². The van der Waals surface area contributed by atoms with Gasteiger partial charge in [0.25, 0.3) is 0 Å². The van der Waals surface area contributed by atoms with Crippen LogP contribution in [0.15, 0.2) is 6.07 Å². The van der Waals surface area contributed by atoms with Crippen molar-refractivity contribution in [2.75, 3.05) is 13.2 Å². The molecule has 2 heterocycles. The highest BCUT2D eigenvalue weighted by Crippen LogP contribution is 2.33. The lowest BCUT2D eigenvalue weighted by Gasteiger charge is -2.20. The van der Waals surface area contributed by atoms with Crippen molar-refractivity contribution in [3.63, 3.8) is 0 Å². The highest BCUT2D eigenvalue weighted by molar-refractivity contribution is 7.20. The maximum absolute atomic E-state index is 12.0. The number of carbonyl (C=O) groups is 1. The second-order valence-electron chi connectivity index (χ2n) is 3.52. The largest absolute Gasteiger partial charge is 0.381 e. The lowest BCUT2D eigenvalue weighted by molar-refractivity contribution is 0.0462. The van der Waals surface area contributed by atoms with Crippen LogP contribution in [0.25, 0.3) is 0 Å². The third-order valence-corrected chi connectivity index (χ3v) is 3.94. The number of Topliss-reactive ketones (excluding diaryl/α,β-unsaturated/α-hetero) is 1. The van der Waals surface area contributed by atoms with Crippen molar-refractivity contribution >= 4 is 40.3 Å². The Kier molecular flexibility index (Phi) is 3.67. The molecule has 1 aromatic rings. The van der Waals surface area contributed by atoms with Crippen LogP contribution in [-0.4, -0.2) is 19.0 Å². The van der Waals surface area contributed by atoms with E-state index in [4.69, 9.17) is 27.9 Å². The van der Waals surface area contributed by atoms with E-state index in [2.05, 4.69) is 0 Å². The van der Waals surface area contributed by atoms with E-state index in [-0.39, 0.29) is 11.7 Å². The monoisotopic (exact) mass is 264 g/mol. The first kappa shape index (κ1) is 11.4. The second kappa shape index (κ2) is 4.83. The molecule has 5 heteroatoms. The minimum atomic E-state index is -0.0538. The molecule has 0 saturated carbocycles. The number of ether oxygens (including phenoxy) is 1. The molecule has 0 aromatic carbocycles. The lowest BCUT2D eigenvalue weighted by Crippen LogP contribution is -2.25. The topological polar surface area (TPSA) is 26.3 Å². The molecule has 1 atom stereocenters. The van der Waals surface area contributed by atoms with Gasteiger partial charge < -0.3 is 4.74 Å². The fraction of sp³-hybridized carbons (Fsp3) is 0.500. The fourth-order valence-electron chi connectivity index (χ4n) is 1.68. The van der Waals surface area contributed by atoms with Gasteiger partial charge in [0.2, 0.25) is 0 Å². The predicted octanol–water partition coefficient (Wildman–Crippen LogP) is 3.66. The molecular formula is C10H10Cl2O2S. The van der Waals surface area contributed by atoms with Crippen molar-refractivity contribution in [2.45, 2.75) is 12.8 Å². The quantitative estimate of drug-likeness (QED) is 0.763. The van der Waals surface area contributed by atoms with Gasteiger partial charge in [-0.2, -0.15) is 0 Å². The summed E-state index contributed by atoms with van der Waals surface area (Å²) in [6, 6.07) is 1.64. The van der Waals surface area contributed by atoms with Crippen molar-refractivity contribution in [3.8, 4) is 0 Å². The molecule has 2 rings (SSSR count). The molecule has 82 valence electrons. The molecular weight excluding hydrogens is 255 g/mol. The van der Waals surface area contributed by atoms with E-state index >= 15 is 0 Å². The van der Waals surface area contributed by atoms with Crippen molar-refractivity contribution in [1.82, 2.24) is 0 Å². The number of hydrogen-bond acceptors (Lipinski definition) is 3. The molecule has 0 N–H and O–H groups in total. The molecule has 1 saturated heterocycles. The number of thiophene rings is 1. The number of carbonyl (C=O) groups excluding carboxylic acids is 1. The number of rotatable bonds is 2. The molecule has 1 fully saturated rings. The summed E-state index contributed by atoms with van der Waals surface area (Å²) in [7, 11) is 0. The number of hydrogen-bond donors (Lipinski definition) is 0. The van der Waals surface area contributed by atoms with Gasteiger partial charge in [0.05, 0.1) is 10.9 Å². The molecule has 0 radical (unpaired) electrons. The fourth-order valence-corrected chi connectivity index (χ4v) is 3.15. The summed E-state index contributed by atoms with van der Waals surface area (Å²) >= 11 is 13.0. The van der Waals surface area contributed by atoms with Gasteiger partial charge in [0.15, 0.2) is 5.78 Å². The Morgan fingerprint density at radius 2 is 2.33 bits per heavy atom. The first-order valence-corrected chi connectivity index (χ1v) is 6.32. The molecule has 15 heavy (non-hydrogen) atoms. The average molecular weight is 265 g/mol. The smallest absolute Gasteiger partial charge is 0.170 e. The van der Waals surface area contributed by atoms with E-state index in [1.807, 2.05) is 0 Å². The van der Waals surface area contributed by atoms with Crippen molar-refractivity contribution in [3.05, 3.63) is 20.3 Å². The first-order valence-electron chi connectivity index (χ1n) is 4.75. The SMILES string of the molecule is O=C(c1cc(Cl)sc1Cl)C1CCCOC1. The molecule has 1 aliphatic rings. The molecule has 2 nitrogen and oxygen atoms in total. The predicted molar refractivity (Wildman–Crippen MR) is 62.2 cm³/mol. The maximum Gasteiger partial charge on any atom is 0.170 e. The summed E-state index contributed by atoms with van der Waals surface area (Å²) in [5, 5.41) is 0. The zero-order valence-corrected chi connectivity index (χ0v) is 10.3. The van der Waals surface area contributed by atoms with E-state index in [9.17, 15) is 4.79 Å². The summed E-state index contributed by atoms with van der Waals surface area (Å²) < 4.78 is 6.32. The average Bonchev–Trinajstić information content (AvgIpc) is 2.58. The van der Waals surface area contributed by atoms with E-state index in [1.165, 1.54) is 11.3 Å². The highest BCUT2D eigenvalue weighted by Gasteiger charge is 2.25. The van der Waals surface area contributed by atoms with Gasteiger partial charge in [-0.05, 0) is 18.9 Å². The van der Waals surface area contributed by atoms with Gasteiger partial charge >= 0.3 is 0 Å². The molecule has 0 amide bonds. The Bertz CT molecular complexity index is 369. The zero-order valence-electron chi connectivity index (χ0n) is 7.96. The van der Waals surface area contributed by atoms with Crippen LogP contribution in [-0.2, 0) is 4.74 Å². The molecule has 0 aliphatic carbocycles. The molecule has 0 spiro atoms. The summed E-state index contributed by atoms with van der Waals surface area (Å²) in [6.45, 7) is 1.25. The minimum Gasteiger partial charge on any atom is -0.381 e. The Hall–Kier alpha value is -0.0900. The number of halogens is 2. The summed E-state index contributed by atoms with van der Waals surface area (Å²) in [6.07, 6.45) is 1.81. The van der Waals surface area contributed by atoms with Crippen LogP contribution in [0.1, 0.15) is 23.2 Å². The van der Waals surface area contributed by atoms with Crippen LogP contribution in [0.4, 0.5) is 0 Å². The van der Waals surface area contributed by atoms with E-state index < -0.39 is 0 Å². The van der Waals surface area contributed by atoms with Crippen molar-refractivity contribution in [2.24, 2.45) is 5.92 Å². The number of ketones is 1. The van der Waals surface area contributed by atoms with Crippen LogP contribution in [0.5, 0.6) is 0 Å². The van der Waals surface area contributed by atoms with Crippen molar-refractivity contribution in [1.29, 1.82) is 0 Å². The molecule has 1 aliphatic heterocycles. The van der Waals surface area contributed by atoms with Gasteiger partial charge in [0, 0.05) is 18.1 Å². The third kappa shape index (κ3) is 2.53.